The minimum Gasteiger partial charge on any atom is -0.497 e. The fourth-order valence-corrected chi connectivity index (χ4v) is 2.26. The van der Waals surface area contributed by atoms with E-state index in [9.17, 15) is 9.59 Å². The fraction of sp³-hybridized carbons (Fsp3) is 0.619. The Bertz CT molecular complexity index is 691. The number of benzene rings is 1. The molecule has 164 valence electrons. The summed E-state index contributed by atoms with van der Waals surface area (Å²) in [5.74, 6) is 0.581. The number of rotatable bonds is 7. The van der Waals surface area contributed by atoms with Gasteiger partial charge in [-0.05, 0) is 66.2 Å². The van der Waals surface area contributed by atoms with Crippen molar-refractivity contribution in [2.75, 3.05) is 19.0 Å². The van der Waals surface area contributed by atoms with E-state index in [4.69, 9.17) is 18.9 Å². The zero-order valence-electron chi connectivity index (χ0n) is 18.7. The lowest BCUT2D eigenvalue weighted by Gasteiger charge is -2.22. The molecule has 8 nitrogen and oxygen atoms in total. The van der Waals surface area contributed by atoms with Crippen LogP contribution in [0.2, 0.25) is 0 Å². The normalized spacial score (nSPS) is 12.7. The fourth-order valence-electron chi connectivity index (χ4n) is 2.26. The van der Waals surface area contributed by atoms with Crippen LogP contribution in [0.5, 0.6) is 5.75 Å². The van der Waals surface area contributed by atoms with Gasteiger partial charge in [0.05, 0.1) is 26.4 Å². The molecule has 2 N–H and O–H groups in total. The maximum absolute atomic E-state index is 12.0. The molecule has 0 aliphatic rings. The summed E-state index contributed by atoms with van der Waals surface area (Å²) in [5, 5.41) is 5.41. The van der Waals surface area contributed by atoms with E-state index in [1.807, 2.05) is 13.0 Å². The molecular formula is C21H34N2O6. The van der Waals surface area contributed by atoms with Crippen molar-refractivity contribution in [2.45, 2.75) is 72.3 Å². The molecule has 0 aromatic heterocycles. The molecule has 0 bridgehead atoms. The maximum atomic E-state index is 12.0. The molecule has 29 heavy (non-hydrogen) atoms. The highest BCUT2D eigenvalue weighted by Gasteiger charge is 2.18. The van der Waals surface area contributed by atoms with Gasteiger partial charge in [-0.2, -0.15) is 0 Å². The lowest BCUT2D eigenvalue weighted by atomic mass is 10.2. The number of methoxy groups -OCH3 is 1. The molecule has 0 saturated heterocycles. The molecule has 0 saturated carbocycles. The molecule has 0 spiro atoms. The van der Waals surface area contributed by atoms with Crippen molar-refractivity contribution in [3.8, 4) is 5.75 Å². The average molecular weight is 411 g/mol. The van der Waals surface area contributed by atoms with Crippen molar-refractivity contribution < 1.29 is 28.5 Å². The highest BCUT2D eigenvalue weighted by molar-refractivity contribution is 5.85. The Morgan fingerprint density at radius 1 is 0.966 bits per heavy atom. The number of anilines is 1. The van der Waals surface area contributed by atoms with Gasteiger partial charge in [-0.3, -0.25) is 5.32 Å². The summed E-state index contributed by atoms with van der Waals surface area (Å²) in [6.07, 6.45) is -1.04. The van der Waals surface area contributed by atoms with Gasteiger partial charge in [-0.15, -0.1) is 0 Å². The van der Waals surface area contributed by atoms with Gasteiger partial charge in [-0.1, -0.05) is 0 Å². The molecular weight excluding hydrogens is 376 g/mol. The van der Waals surface area contributed by atoms with E-state index in [2.05, 4.69) is 10.6 Å². The van der Waals surface area contributed by atoms with Gasteiger partial charge < -0.3 is 24.3 Å². The maximum Gasteiger partial charge on any atom is 0.412 e. The lowest BCUT2D eigenvalue weighted by Crippen LogP contribution is -2.39. The molecule has 1 aromatic rings. The van der Waals surface area contributed by atoms with Crippen LogP contribution >= 0.6 is 0 Å². The van der Waals surface area contributed by atoms with E-state index in [1.165, 1.54) is 0 Å². The second kappa shape index (κ2) is 10.3. The van der Waals surface area contributed by atoms with Gasteiger partial charge in [0.25, 0.3) is 0 Å². The molecule has 1 rings (SSSR count). The lowest BCUT2D eigenvalue weighted by molar-refractivity contribution is 0.0442. The van der Waals surface area contributed by atoms with Gasteiger partial charge in [0.1, 0.15) is 17.0 Å². The predicted octanol–water partition coefficient (Wildman–Crippen LogP) is 4.47. The number of alkyl carbamates (subject to hydrolysis) is 1. The first-order chi connectivity index (χ1) is 13.3. The van der Waals surface area contributed by atoms with E-state index in [0.29, 0.717) is 18.0 Å². The van der Waals surface area contributed by atoms with Gasteiger partial charge >= 0.3 is 12.2 Å². The first-order valence-corrected chi connectivity index (χ1v) is 9.52. The van der Waals surface area contributed by atoms with Crippen LogP contribution in [0, 0.1) is 0 Å². The third-order valence-corrected chi connectivity index (χ3v) is 3.25. The summed E-state index contributed by atoms with van der Waals surface area (Å²) < 4.78 is 21.4. The summed E-state index contributed by atoms with van der Waals surface area (Å²) in [7, 11) is 1.55. The van der Waals surface area contributed by atoms with Crippen molar-refractivity contribution in [3.05, 3.63) is 23.8 Å². The number of hydrogen-bond donors (Lipinski definition) is 2. The third-order valence-electron chi connectivity index (χ3n) is 3.25. The van der Waals surface area contributed by atoms with E-state index in [0.717, 1.165) is 5.56 Å². The van der Waals surface area contributed by atoms with E-state index in [1.54, 1.807) is 60.8 Å². The van der Waals surface area contributed by atoms with Crippen molar-refractivity contribution in [2.24, 2.45) is 0 Å². The Balaban J connectivity index is 2.61. The van der Waals surface area contributed by atoms with Crippen LogP contribution in [-0.2, 0) is 20.8 Å². The quantitative estimate of drug-likeness (QED) is 0.688. The topological polar surface area (TPSA) is 95.1 Å². The molecule has 8 heteroatoms. The highest BCUT2D eigenvalue weighted by Crippen LogP contribution is 2.22. The molecule has 0 fully saturated rings. The van der Waals surface area contributed by atoms with Crippen LogP contribution in [0.25, 0.3) is 0 Å². The summed E-state index contributed by atoms with van der Waals surface area (Å²) in [4.78, 5) is 23.8. The first-order valence-electron chi connectivity index (χ1n) is 9.52. The Hall–Kier alpha value is -2.48. The Labute approximate surface area is 173 Å². The van der Waals surface area contributed by atoms with Gasteiger partial charge in [0, 0.05) is 11.8 Å². The number of amides is 2. The van der Waals surface area contributed by atoms with Crippen LogP contribution in [0.3, 0.4) is 0 Å². The molecule has 0 aliphatic heterocycles. The van der Waals surface area contributed by atoms with E-state index >= 15 is 0 Å². The minimum atomic E-state index is -0.591. The van der Waals surface area contributed by atoms with Gasteiger partial charge in [0.15, 0.2) is 0 Å². The Morgan fingerprint density at radius 2 is 1.55 bits per heavy atom. The highest BCUT2D eigenvalue weighted by atomic mass is 16.6. The van der Waals surface area contributed by atoms with Gasteiger partial charge in [0.2, 0.25) is 0 Å². The second-order valence-electron chi connectivity index (χ2n) is 8.76. The zero-order chi connectivity index (χ0) is 22.2. The number of nitrogens with one attached hydrogen (secondary N) is 2. The molecule has 1 atom stereocenters. The largest absolute Gasteiger partial charge is 0.497 e. The second-order valence-corrected chi connectivity index (χ2v) is 8.76. The smallest absolute Gasteiger partial charge is 0.412 e. The summed E-state index contributed by atoms with van der Waals surface area (Å²) in [6.45, 7) is 13.2. The zero-order valence-corrected chi connectivity index (χ0v) is 18.7. The summed E-state index contributed by atoms with van der Waals surface area (Å²) in [6, 6.07) is 5.06. The van der Waals surface area contributed by atoms with Crippen molar-refractivity contribution in [1.29, 1.82) is 0 Å². The molecule has 1 unspecified atom stereocenters. The van der Waals surface area contributed by atoms with E-state index in [-0.39, 0.29) is 12.6 Å². The van der Waals surface area contributed by atoms with Crippen LogP contribution in [0.1, 0.15) is 54.0 Å². The van der Waals surface area contributed by atoms with E-state index < -0.39 is 23.4 Å². The van der Waals surface area contributed by atoms with Gasteiger partial charge in [-0.25, -0.2) is 9.59 Å². The first kappa shape index (κ1) is 24.6. The number of carbonyl (C=O) groups excluding carboxylic acids is 2. The number of hydrogen-bond acceptors (Lipinski definition) is 6. The molecule has 0 radical (unpaired) electrons. The van der Waals surface area contributed by atoms with Crippen LogP contribution in [0.4, 0.5) is 15.3 Å². The predicted molar refractivity (Wildman–Crippen MR) is 111 cm³/mol. The van der Waals surface area contributed by atoms with Crippen molar-refractivity contribution >= 4 is 17.9 Å². The summed E-state index contributed by atoms with van der Waals surface area (Å²) in [5.41, 5.74) is 0.201. The Kier molecular flexibility index (Phi) is 8.76. The SMILES string of the molecule is COc1cc(COCC(C)NC(=O)OC(C)(C)C)cc(NC(=O)OC(C)(C)C)c1. The number of ether oxygens (including phenoxy) is 4. The average Bonchev–Trinajstić information content (AvgIpc) is 2.50. The van der Waals surface area contributed by atoms with Crippen molar-refractivity contribution in [1.82, 2.24) is 5.32 Å². The Morgan fingerprint density at radius 3 is 2.10 bits per heavy atom. The number of carbonyl (C=O) groups is 2. The van der Waals surface area contributed by atoms with Crippen LogP contribution in [-0.4, -0.2) is 43.1 Å². The monoisotopic (exact) mass is 410 g/mol. The minimum absolute atomic E-state index is 0.227. The molecule has 0 aliphatic carbocycles. The summed E-state index contributed by atoms with van der Waals surface area (Å²) >= 11 is 0. The molecule has 2 amide bonds. The standard InChI is InChI=1S/C21H34N2O6/c1-14(22-18(24)28-20(2,3)4)12-27-13-15-9-16(11-17(10-15)26-8)23-19(25)29-21(5,6)7/h9-11,14H,12-13H2,1-8H3,(H,22,24)(H,23,25). The van der Waals surface area contributed by atoms with Crippen LogP contribution < -0.4 is 15.4 Å². The molecule has 0 heterocycles. The van der Waals surface area contributed by atoms with Crippen molar-refractivity contribution in [3.63, 3.8) is 0 Å². The third kappa shape index (κ3) is 11.2. The molecule has 1 aromatic carbocycles. The van der Waals surface area contributed by atoms with Crippen LogP contribution in [0.15, 0.2) is 18.2 Å².